The van der Waals surface area contributed by atoms with Crippen molar-refractivity contribution in [1.82, 2.24) is 15.1 Å². The quantitative estimate of drug-likeness (QED) is 0.882. The summed E-state index contributed by atoms with van der Waals surface area (Å²) < 4.78 is 7.10. The normalized spacial score (nSPS) is 17.9. The number of aromatic nitrogens is 2. The van der Waals surface area contributed by atoms with Gasteiger partial charge in [-0.15, -0.1) is 0 Å². The van der Waals surface area contributed by atoms with Crippen molar-refractivity contribution in [2.24, 2.45) is 0 Å². The average Bonchev–Trinajstić information content (AvgIpc) is 2.99. The van der Waals surface area contributed by atoms with Gasteiger partial charge >= 0.3 is 0 Å². The summed E-state index contributed by atoms with van der Waals surface area (Å²) in [5.41, 5.74) is 0.828. The first-order chi connectivity index (χ1) is 11.1. The summed E-state index contributed by atoms with van der Waals surface area (Å²) in [6.45, 7) is 2.19. The van der Waals surface area contributed by atoms with Crippen LogP contribution < -0.4 is 10.6 Å². The molecule has 3 rings (SSSR count). The van der Waals surface area contributed by atoms with Crippen molar-refractivity contribution < 1.29 is 9.53 Å². The van der Waals surface area contributed by atoms with E-state index in [1.807, 2.05) is 12.1 Å². The Balaban J connectivity index is 1.72. The lowest BCUT2D eigenvalue weighted by molar-refractivity contribution is -0.128. The monoisotopic (exact) mass is 354 g/mol. The molecule has 6 nitrogen and oxygen atoms in total. The number of carbonyl (C=O) groups excluding carboxylic acids is 1. The number of anilines is 1. The van der Waals surface area contributed by atoms with Crippen LogP contribution in [0.2, 0.25) is 10.0 Å². The molecule has 1 aromatic heterocycles. The largest absolute Gasteiger partial charge is 0.366 e. The van der Waals surface area contributed by atoms with Gasteiger partial charge in [0.05, 0.1) is 29.4 Å². The number of rotatable bonds is 4. The number of hydrogen-bond acceptors (Lipinski definition) is 4. The van der Waals surface area contributed by atoms with Gasteiger partial charge < -0.3 is 15.4 Å². The second-order valence-corrected chi connectivity index (χ2v) is 5.93. The number of ether oxygens (including phenoxy) is 1. The minimum Gasteiger partial charge on any atom is -0.366 e. The maximum atomic E-state index is 12.2. The lowest BCUT2D eigenvalue weighted by Crippen LogP contribution is -2.45. The molecule has 1 aliphatic heterocycles. The Morgan fingerprint density at radius 3 is 3.09 bits per heavy atom. The van der Waals surface area contributed by atoms with Gasteiger partial charge in [0.2, 0.25) is 0 Å². The topological polar surface area (TPSA) is 68.2 Å². The third-order valence-electron chi connectivity index (χ3n) is 3.54. The number of halogens is 2. The number of amides is 1. The molecule has 8 heteroatoms. The van der Waals surface area contributed by atoms with E-state index in [4.69, 9.17) is 27.9 Å². The number of carbonyl (C=O) groups is 1. The van der Waals surface area contributed by atoms with Gasteiger partial charge in [-0.1, -0.05) is 35.3 Å². The Morgan fingerprint density at radius 2 is 2.30 bits per heavy atom. The first-order valence-electron chi connectivity index (χ1n) is 7.23. The van der Waals surface area contributed by atoms with E-state index in [1.54, 1.807) is 23.0 Å². The fourth-order valence-electron chi connectivity index (χ4n) is 2.34. The molecule has 0 saturated carbocycles. The highest BCUT2D eigenvalue weighted by Crippen LogP contribution is 2.26. The van der Waals surface area contributed by atoms with E-state index in [0.29, 0.717) is 35.6 Å². The summed E-state index contributed by atoms with van der Waals surface area (Å²) in [7, 11) is 0. The third-order valence-corrected chi connectivity index (χ3v) is 4.40. The smallest absolute Gasteiger partial charge is 0.255 e. The van der Waals surface area contributed by atoms with Crippen molar-refractivity contribution in [3.63, 3.8) is 0 Å². The molecular weight excluding hydrogens is 339 g/mol. The fraction of sp³-hybridized carbons (Fsp3) is 0.333. The van der Waals surface area contributed by atoms with E-state index >= 15 is 0 Å². The van der Waals surface area contributed by atoms with E-state index < -0.39 is 6.10 Å². The number of benzene rings is 1. The van der Waals surface area contributed by atoms with Gasteiger partial charge in [0.1, 0.15) is 11.9 Å². The third kappa shape index (κ3) is 3.84. The first kappa shape index (κ1) is 16.3. The molecule has 0 bridgehead atoms. The van der Waals surface area contributed by atoms with Crippen LogP contribution in [-0.2, 0) is 16.1 Å². The van der Waals surface area contributed by atoms with E-state index in [9.17, 15) is 4.79 Å². The van der Waals surface area contributed by atoms with Gasteiger partial charge in [-0.25, -0.2) is 4.68 Å². The van der Waals surface area contributed by atoms with Crippen molar-refractivity contribution in [2.75, 3.05) is 25.0 Å². The van der Waals surface area contributed by atoms with Gasteiger partial charge in [-0.2, -0.15) is 5.10 Å². The molecule has 1 aromatic carbocycles. The predicted octanol–water partition coefficient (Wildman–Crippen LogP) is 2.17. The molecule has 0 aliphatic carbocycles. The summed E-state index contributed by atoms with van der Waals surface area (Å²) in [5.74, 6) is 0.386. The highest BCUT2D eigenvalue weighted by molar-refractivity contribution is 6.42. The van der Waals surface area contributed by atoms with Crippen LogP contribution >= 0.6 is 23.2 Å². The molecule has 0 spiro atoms. The molecule has 1 saturated heterocycles. The average molecular weight is 355 g/mol. The van der Waals surface area contributed by atoms with Crippen molar-refractivity contribution in [3.8, 4) is 0 Å². The summed E-state index contributed by atoms with van der Waals surface area (Å²) in [6, 6.07) is 7.15. The van der Waals surface area contributed by atoms with Crippen LogP contribution in [0.1, 0.15) is 5.56 Å². The lowest BCUT2D eigenvalue weighted by atomic mass is 10.2. The van der Waals surface area contributed by atoms with Crippen molar-refractivity contribution in [2.45, 2.75) is 12.6 Å². The van der Waals surface area contributed by atoms with Crippen LogP contribution in [0.3, 0.4) is 0 Å². The van der Waals surface area contributed by atoms with Gasteiger partial charge in [-0.05, 0) is 11.6 Å². The molecule has 1 fully saturated rings. The van der Waals surface area contributed by atoms with Gasteiger partial charge in [0, 0.05) is 19.2 Å². The van der Waals surface area contributed by atoms with Crippen LogP contribution in [0.4, 0.5) is 5.82 Å². The molecule has 0 radical (unpaired) electrons. The standard InChI is InChI=1S/C15H16Cl2N4O2/c16-11-3-1-2-10(14(11)17)9-21-13(4-5-19-21)20-15(22)12-8-18-6-7-23-12/h1-5,12,18H,6-9H2,(H,20,22). The van der Waals surface area contributed by atoms with E-state index in [0.717, 1.165) is 12.1 Å². The summed E-state index contributed by atoms with van der Waals surface area (Å²) in [6.07, 6.45) is 1.12. The SMILES string of the molecule is O=C(Nc1ccnn1Cc1cccc(Cl)c1Cl)C1CNCCO1. The van der Waals surface area contributed by atoms with Crippen LogP contribution in [0.5, 0.6) is 0 Å². The molecule has 23 heavy (non-hydrogen) atoms. The minimum atomic E-state index is -0.498. The second-order valence-electron chi connectivity index (χ2n) is 5.14. The summed E-state index contributed by atoms with van der Waals surface area (Å²) >= 11 is 12.2. The molecule has 122 valence electrons. The number of morpholine rings is 1. The fourth-order valence-corrected chi connectivity index (χ4v) is 2.72. The summed E-state index contributed by atoms with van der Waals surface area (Å²) in [5, 5.41) is 11.2. The lowest BCUT2D eigenvalue weighted by Gasteiger charge is -2.22. The first-order valence-corrected chi connectivity index (χ1v) is 7.98. The van der Waals surface area contributed by atoms with Gasteiger partial charge in [0.25, 0.3) is 5.91 Å². The van der Waals surface area contributed by atoms with Crippen LogP contribution in [0.25, 0.3) is 0 Å². The van der Waals surface area contributed by atoms with Crippen molar-refractivity contribution >= 4 is 34.9 Å². The van der Waals surface area contributed by atoms with E-state index in [2.05, 4.69) is 15.7 Å². The Hall–Kier alpha value is -1.60. The number of hydrogen-bond donors (Lipinski definition) is 2. The molecule has 2 aromatic rings. The van der Waals surface area contributed by atoms with E-state index in [1.165, 1.54) is 0 Å². The molecule has 2 N–H and O–H groups in total. The minimum absolute atomic E-state index is 0.198. The molecule has 2 heterocycles. The number of nitrogens with one attached hydrogen (secondary N) is 2. The maximum absolute atomic E-state index is 12.2. The zero-order chi connectivity index (χ0) is 16.2. The van der Waals surface area contributed by atoms with Crippen molar-refractivity contribution in [1.29, 1.82) is 0 Å². The Morgan fingerprint density at radius 1 is 1.43 bits per heavy atom. The highest BCUT2D eigenvalue weighted by Gasteiger charge is 2.22. The van der Waals surface area contributed by atoms with Crippen LogP contribution in [0, 0.1) is 0 Å². The zero-order valence-corrected chi connectivity index (χ0v) is 13.8. The predicted molar refractivity (Wildman–Crippen MR) is 89.0 cm³/mol. The Kier molecular flexibility index (Phi) is 5.17. The Labute approximate surface area is 143 Å². The molecule has 1 aliphatic rings. The number of nitrogens with zero attached hydrogens (tertiary/aromatic N) is 2. The Bertz CT molecular complexity index is 699. The van der Waals surface area contributed by atoms with Crippen LogP contribution in [-0.4, -0.2) is 41.5 Å². The van der Waals surface area contributed by atoms with Gasteiger partial charge in [-0.3, -0.25) is 4.79 Å². The van der Waals surface area contributed by atoms with Gasteiger partial charge in [0.15, 0.2) is 0 Å². The van der Waals surface area contributed by atoms with Crippen LogP contribution in [0.15, 0.2) is 30.5 Å². The maximum Gasteiger partial charge on any atom is 0.255 e. The second kappa shape index (κ2) is 7.31. The van der Waals surface area contributed by atoms with E-state index in [-0.39, 0.29) is 5.91 Å². The molecule has 1 atom stereocenters. The molecule has 1 amide bonds. The van der Waals surface area contributed by atoms with Crippen molar-refractivity contribution in [3.05, 3.63) is 46.1 Å². The highest BCUT2D eigenvalue weighted by atomic mass is 35.5. The summed E-state index contributed by atoms with van der Waals surface area (Å²) in [4.78, 5) is 12.2. The molecular formula is C15H16Cl2N4O2. The zero-order valence-electron chi connectivity index (χ0n) is 12.3. The molecule has 1 unspecified atom stereocenters.